The first-order valence-electron chi connectivity index (χ1n) is 7.44. The van der Waals surface area contributed by atoms with Gasteiger partial charge in [-0.05, 0) is 43.0 Å². The number of ketones is 1. The Kier molecular flexibility index (Phi) is 2.79. The fraction of sp³-hybridized carbons (Fsp3) is 0.222. The fourth-order valence-corrected chi connectivity index (χ4v) is 3.07. The third-order valence-electron chi connectivity index (χ3n) is 4.37. The maximum Gasteiger partial charge on any atom is 0.377 e. The van der Waals surface area contributed by atoms with E-state index in [1.165, 1.54) is 12.8 Å². The van der Waals surface area contributed by atoms with Gasteiger partial charge in [0.15, 0.2) is 0 Å². The van der Waals surface area contributed by atoms with Crippen molar-refractivity contribution < 1.29 is 14.7 Å². The third kappa shape index (κ3) is 1.99. The number of hydrogen-bond donors (Lipinski definition) is 1. The minimum atomic E-state index is -1.42. The summed E-state index contributed by atoms with van der Waals surface area (Å²) >= 11 is 0. The van der Waals surface area contributed by atoms with Gasteiger partial charge in [0.05, 0.1) is 0 Å². The van der Waals surface area contributed by atoms with Gasteiger partial charge < -0.3 is 9.67 Å². The van der Waals surface area contributed by atoms with Crippen molar-refractivity contribution >= 4 is 33.6 Å². The van der Waals surface area contributed by atoms with E-state index in [0.717, 1.165) is 34.3 Å². The van der Waals surface area contributed by atoms with Crippen molar-refractivity contribution in [2.45, 2.75) is 19.4 Å². The number of carbonyl (C=O) groups excluding carboxylic acids is 1. The molecule has 0 atom stereocenters. The molecular weight excluding hydrogens is 278 g/mol. The topological polar surface area (TPSA) is 59.3 Å². The lowest BCUT2D eigenvalue weighted by Crippen LogP contribution is -2.12. The van der Waals surface area contributed by atoms with E-state index in [9.17, 15) is 9.59 Å². The van der Waals surface area contributed by atoms with Crippen LogP contribution in [-0.4, -0.2) is 21.4 Å². The van der Waals surface area contributed by atoms with E-state index in [1.54, 1.807) is 12.1 Å². The molecule has 0 unspecified atom stereocenters. The molecule has 0 bridgehead atoms. The van der Waals surface area contributed by atoms with Gasteiger partial charge in [-0.1, -0.05) is 18.2 Å². The number of benzene rings is 2. The van der Waals surface area contributed by atoms with Crippen LogP contribution in [0.25, 0.3) is 21.8 Å². The summed E-state index contributed by atoms with van der Waals surface area (Å²) in [5.74, 6) is -1.54. The third-order valence-corrected chi connectivity index (χ3v) is 4.37. The Morgan fingerprint density at radius 1 is 1.05 bits per heavy atom. The maximum atomic E-state index is 11.7. The molecular formula is C18H15NO3. The van der Waals surface area contributed by atoms with Crippen LogP contribution in [0.1, 0.15) is 23.2 Å². The van der Waals surface area contributed by atoms with E-state index >= 15 is 0 Å². The number of para-hydroxylation sites is 1. The Morgan fingerprint density at radius 3 is 2.50 bits per heavy atom. The summed E-state index contributed by atoms with van der Waals surface area (Å²) in [6, 6.07) is 13.3. The lowest BCUT2D eigenvalue weighted by atomic mass is 10.1. The molecule has 1 N–H and O–H groups in total. The van der Waals surface area contributed by atoms with Crippen LogP contribution in [0, 0.1) is 5.92 Å². The lowest BCUT2D eigenvalue weighted by Gasteiger charge is -2.06. The molecule has 1 aromatic heterocycles. The van der Waals surface area contributed by atoms with Gasteiger partial charge in [0.1, 0.15) is 0 Å². The summed E-state index contributed by atoms with van der Waals surface area (Å²) < 4.78 is 2.29. The van der Waals surface area contributed by atoms with Crippen molar-refractivity contribution in [1.82, 2.24) is 4.57 Å². The normalized spacial score (nSPS) is 14.5. The van der Waals surface area contributed by atoms with Gasteiger partial charge in [-0.3, -0.25) is 4.79 Å². The fourth-order valence-electron chi connectivity index (χ4n) is 3.07. The quantitative estimate of drug-likeness (QED) is 0.592. The second kappa shape index (κ2) is 4.70. The molecule has 0 aliphatic heterocycles. The highest BCUT2D eigenvalue weighted by molar-refractivity contribution is 6.40. The van der Waals surface area contributed by atoms with Gasteiger partial charge in [0, 0.05) is 33.9 Å². The van der Waals surface area contributed by atoms with Gasteiger partial charge in [-0.25, -0.2) is 4.79 Å². The number of carboxylic acid groups (broad SMARTS) is 1. The summed E-state index contributed by atoms with van der Waals surface area (Å²) in [7, 11) is 0. The van der Waals surface area contributed by atoms with E-state index in [4.69, 9.17) is 5.11 Å². The predicted octanol–water partition coefficient (Wildman–Crippen LogP) is 3.47. The molecule has 4 nitrogen and oxygen atoms in total. The minimum Gasteiger partial charge on any atom is -0.475 e. The van der Waals surface area contributed by atoms with Gasteiger partial charge in [0.2, 0.25) is 0 Å². The molecule has 2 aromatic carbocycles. The zero-order chi connectivity index (χ0) is 15.3. The largest absolute Gasteiger partial charge is 0.475 e. The van der Waals surface area contributed by atoms with Crippen molar-refractivity contribution in [2.24, 2.45) is 5.92 Å². The van der Waals surface area contributed by atoms with Crippen LogP contribution in [0.4, 0.5) is 0 Å². The van der Waals surface area contributed by atoms with Crippen LogP contribution >= 0.6 is 0 Å². The highest BCUT2D eigenvalue weighted by atomic mass is 16.4. The molecule has 4 heteroatoms. The molecule has 3 aromatic rings. The van der Waals surface area contributed by atoms with Crippen LogP contribution in [0.15, 0.2) is 42.5 Å². The van der Waals surface area contributed by atoms with E-state index in [2.05, 4.69) is 10.6 Å². The summed E-state index contributed by atoms with van der Waals surface area (Å²) in [4.78, 5) is 22.6. The molecule has 0 radical (unpaired) electrons. The number of fused-ring (bicyclic) bond motifs is 3. The summed E-state index contributed by atoms with van der Waals surface area (Å²) in [6.07, 6.45) is 2.53. The number of rotatable bonds is 4. The first-order chi connectivity index (χ1) is 10.6. The van der Waals surface area contributed by atoms with E-state index in [1.807, 2.05) is 24.3 Å². The first-order valence-corrected chi connectivity index (χ1v) is 7.44. The monoisotopic (exact) mass is 293 g/mol. The Hall–Kier alpha value is -2.62. The van der Waals surface area contributed by atoms with Crippen LogP contribution in [-0.2, 0) is 11.3 Å². The molecule has 110 valence electrons. The van der Waals surface area contributed by atoms with Crippen LogP contribution in [0.2, 0.25) is 0 Å². The summed E-state index contributed by atoms with van der Waals surface area (Å²) in [5.41, 5.74) is 2.44. The molecule has 1 fully saturated rings. The summed E-state index contributed by atoms with van der Waals surface area (Å²) in [6.45, 7) is 0.982. The zero-order valence-electron chi connectivity index (χ0n) is 12.0. The van der Waals surface area contributed by atoms with Crippen LogP contribution < -0.4 is 0 Å². The lowest BCUT2D eigenvalue weighted by molar-refractivity contribution is -0.131. The molecule has 1 saturated carbocycles. The number of carboxylic acids is 1. The van der Waals surface area contributed by atoms with E-state index in [0.29, 0.717) is 0 Å². The second-order valence-corrected chi connectivity index (χ2v) is 5.94. The molecule has 0 amide bonds. The van der Waals surface area contributed by atoms with Crippen molar-refractivity contribution in [3.63, 3.8) is 0 Å². The molecule has 22 heavy (non-hydrogen) atoms. The predicted molar refractivity (Wildman–Crippen MR) is 84.1 cm³/mol. The standard InChI is InChI=1S/C18H15NO3/c20-17(18(21)22)12-7-8-16-14(9-12)13-3-1-2-4-15(13)19(16)10-11-5-6-11/h1-4,7-9,11H,5-6,10H2,(H,21,22). The number of hydrogen-bond acceptors (Lipinski definition) is 2. The van der Waals surface area contributed by atoms with Gasteiger partial charge >= 0.3 is 5.97 Å². The number of nitrogens with zero attached hydrogens (tertiary/aromatic N) is 1. The van der Waals surface area contributed by atoms with Gasteiger partial charge in [-0.2, -0.15) is 0 Å². The highest BCUT2D eigenvalue weighted by Crippen LogP contribution is 2.36. The van der Waals surface area contributed by atoms with E-state index < -0.39 is 11.8 Å². The Balaban J connectivity index is 1.97. The highest BCUT2D eigenvalue weighted by Gasteiger charge is 2.24. The molecule has 0 saturated heterocycles. The summed E-state index contributed by atoms with van der Waals surface area (Å²) in [5, 5.41) is 10.9. The second-order valence-electron chi connectivity index (χ2n) is 5.94. The smallest absolute Gasteiger partial charge is 0.377 e. The Morgan fingerprint density at radius 2 is 1.77 bits per heavy atom. The Bertz CT molecular complexity index is 919. The van der Waals surface area contributed by atoms with Gasteiger partial charge in [-0.15, -0.1) is 0 Å². The first kappa shape index (κ1) is 13.1. The molecule has 1 aliphatic rings. The van der Waals surface area contributed by atoms with Gasteiger partial charge in [0.25, 0.3) is 5.78 Å². The van der Waals surface area contributed by atoms with Crippen molar-refractivity contribution in [2.75, 3.05) is 0 Å². The number of aliphatic carboxylic acids is 1. The molecule has 1 heterocycles. The maximum absolute atomic E-state index is 11.7. The van der Waals surface area contributed by atoms with E-state index in [-0.39, 0.29) is 5.56 Å². The van der Waals surface area contributed by atoms with Crippen molar-refractivity contribution in [3.05, 3.63) is 48.0 Å². The van der Waals surface area contributed by atoms with Crippen molar-refractivity contribution in [1.29, 1.82) is 0 Å². The molecule has 4 rings (SSSR count). The number of aromatic nitrogens is 1. The van der Waals surface area contributed by atoms with Crippen LogP contribution in [0.5, 0.6) is 0 Å². The van der Waals surface area contributed by atoms with Crippen molar-refractivity contribution in [3.8, 4) is 0 Å². The zero-order valence-corrected chi connectivity index (χ0v) is 12.0. The minimum absolute atomic E-state index is 0.231. The average Bonchev–Trinajstić information content (AvgIpc) is 3.30. The van der Waals surface area contributed by atoms with Crippen LogP contribution in [0.3, 0.4) is 0 Å². The Labute approximate surface area is 127 Å². The average molecular weight is 293 g/mol. The molecule has 0 spiro atoms. The number of Topliss-reactive ketones (excluding diaryl/α,β-unsaturated/α-hetero) is 1. The SMILES string of the molecule is O=C(O)C(=O)c1ccc2c(c1)c1ccccc1n2CC1CC1. The number of carbonyl (C=O) groups is 2. The molecule has 1 aliphatic carbocycles.